The van der Waals surface area contributed by atoms with Gasteiger partial charge in [-0.2, -0.15) is 26.3 Å². The Labute approximate surface area is 213 Å². The van der Waals surface area contributed by atoms with Crippen LogP contribution in [-0.4, -0.2) is 27.7 Å². The van der Waals surface area contributed by atoms with Crippen LogP contribution in [0.4, 0.5) is 26.3 Å². The van der Waals surface area contributed by atoms with Crippen LogP contribution in [0, 0.1) is 11.8 Å². The first kappa shape index (κ1) is 29.6. The van der Waals surface area contributed by atoms with Crippen molar-refractivity contribution in [2.45, 2.75) is 108 Å². The number of nitrogens with zero attached hydrogens (tertiary/aromatic N) is 1. The van der Waals surface area contributed by atoms with Gasteiger partial charge in [0.15, 0.2) is 5.78 Å². The lowest BCUT2D eigenvalue weighted by molar-refractivity contribution is -0.261. The predicted octanol–water partition coefficient (Wildman–Crippen LogP) is 7.82. The van der Waals surface area contributed by atoms with Gasteiger partial charge in [0.25, 0.3) is 0 Å². The summed E-state index contributed by atoms with van der Waals surface area (Å²) in [5, 5.41) is 14.4. The zero-order valence-corrected chi connectivity index (χ0v) is 21.4. The van der Waals surface area contributed by atoms with Crippen LogP contribution in [-0.2, 0) is 22.4 Å². The van der Waals surface area contributed by atoms with Crippen LogP contribution in [0.3, 0.4) is 0 Å². The van der Waals surface area contributed by atoms with Gasteiger partial charge in [-0.1, -0.05) is 45.4 Å². The van der Waals surface area contributed by atoms with Crippen molar-refractivity contribution in [3.05, 3.63) is 34.9 Å². The van der Waals surface area contributed by atoms with Crippen molar-refractivity contribution in [1.82, 2.24) is 5.06 Å². The molecule has 37 heavy (non-hydrogen) atoms. The number of carbonyl (C=O) groups excluding carboxylic acids is 2. The fraction of sp³-hybridized carbons (Fsp3) is 0.704. The summed E-state index contributed by atoms with van der Waals surface area (Å²) in [5.41, 5.74) is -5.88. The molecule has 207 valence electrons. The average Bonchev–Trinajstić information content (AvgIpc) is 3.02. The van der Waals surface area contributed by atoms with Crippen LogP contribution in [0.25, 0.3) is 0 Å². The third-order valence-electron chi connectivity index (χ3n) is 8.23. The van der Waals surface area contributed by atoms with E-state index in [0.717, 1.165) is 43.6 Å². The van der Waals surface area contributed by atoms with Gasteiger partial charge in [-0.05, 0) is 57.7 Å². The molecule has 1 aromatic carbocycles. The summed E-state index contributed by atoms with van der Waals surface area (Å²) in [6.07, 6.45) is -3.18. The molecule has 0 amide bonds. The summed E-state index contributed by atoms with van der Waals surface area (Å²) >= 11 is 0. The molecule has 1 aliphatic heterocycles. The van der Waals surface area contributed by atoms with Crippen LogP contribution in [0.2, 0.25) is 0 Å². The number of hydrogen-bond acceptors (Lipinski definition) is 3. The normalized spacial score (nSPS) is 29.0. The Morgan fingerprint density at radius 1 is 0.946 bits per heavy atom. The quantitative estimate of drug-likeness (QED) is 0.140. The second-order valence-corrected chi connectivity index (χ2v) is 11.1. The van der Waals surface area contributed by atoms with E-state index in [1.165, 1.54) is 0 Å². The van der Waals surface area contributed by atoms with Crippen molar-refractivity contribution in [3.63, 3.8) is 0 Å². The van der Waals surface area contributed by atoms with E-state index in [1.54, 1.807) is 13.8 Å². The lowest BCUT2D eigenvalue weighted by Gasteiger charge is -2.42. The highest BCUT2D eigenvalue weighted by Gasteiger charge is 2.62. The van der Waals surface area contributed by atoms with Crippen LogP contribution in [0.5, 0.6) is 0 Å². The Balaban J connectivity index is 1.81. The van der Waals surface area contributed by atoms with Crippen molar-refractivity contribution >= 4 is 11.6 Å². The van der Waals surface area contributed by atoms with E-state index in [0.29, 0.717) is 18.6 Å². The first-order chi connectivity index (χ1) is 17.0. The van der Waals surface area contributed by atoms with Gasteiger partial charge in [-0.15, -0.1) is 10.3 Å². The molecular formula is C27H34F6NO3. The number of rotatable bonds is 9. The fourth-order valence-corrected chi connectivity index (χ4v) is 6.05. The van der Waals surface area contributed by atoms with Crippen molar-refractivity contribution in [1.29, 1.82) is 0 Å². The monoisotopic (exact) mass is 534 g/mol. The van der Waals surface area contributed by atoms with Crippen LogP contribution in [0.15, 0.2) is 18.2 Å². The van der Waals surface area contributed by atoms with Crippen LogP contribution in [0.1, 0.15) is 106 Å². The summed E-state index contributed by atoms with van der Waals surface area (Å²) in [7, 11) is 0. The second-order valence-electron chi connectivity index (χ2n) is 11.1. The Morgan fingerprint density at radius 2 is 1.49 bits per heavy atom. The van der Waals surface area contributed by atoms with Crippen molar-refractivity contribution < 1.29 is 41.1 Å². The van der Waals surface area contributed by atoms with E-state index >= 15 is 0 Å². The molecule has 1 saturated heterocycles. The van der Waals surface area contributed by atoms with E-state index in [1.807, 2.05) is 0 Å². The minimum absolute atomic E-state index is 0.0451. The maximum Gasteiger partial charge on any atom is 0.416 e. The molecule has 0 N–H and O–H groups in total. The molecule has 0 bridgehead atoms. The van der Waals surface area contributed by atoms with Gasteiger partial charge in [0.1, 0.15) is 5.78 Å². The number of halogens is 6. The van der Waals surface area contributed by atoms with Crippen LogP contribution >= 0.6 is 0 Å². The van der Waals surface area contributed by atoms with E-state index < -0.39 is 63.5 Å². The molecule has 1 saturated carbocycles. The molecule has 1 aromatic rings. The zero-order valence-electron chi connectivity index (χ0n) is 21.4. The molecule has 3 rings (SSSR count). The van der Waals surface area contributed by atoms with Gasteiger partial charge in [0, 0.05) is 17.0 Å². The number of carbonyl (C=O) groups is 2. The molecule has 1 heterocycles. The third-order valence-corrected chi connectivity index (χ3v) is 8.23. The van der Waals surface area contributed by atoms with E-state index in [9.17, 15) is 41.1 Å². The number of hydroxylamine groups is 2. The zero-order chi connectivity index (χ0) is 27.8. The fourth-order valence-electron chi connectivity index (χ4n) is 6.05. The highest BCUT2D eigenvalue weighted by molar-refractivity contribution is 6.12. The number of alkyl halides is 6. The lowest BCUT2D eigenvalue weighted by Crippen LogP contribution is -2.54. The molecule has 0 aromatic heterocycles. The van der Waals surface area contributed by atoms with E-state index in [-0.39, 0.29) is 25.3 Å². The smallest absolute Gasteiger partial charge is 0.298 e. The van der Waals surface area contributed by atoms with E-state index in [2.05, 4.69) is 6.92 Å². The number of hydrogen-bond donors (Lipinski definition) is 0. The topological polar surface area (TPSA) is 57.3 Å². The Bertz CT molecular complexity index is 975. The predicted molar refractivity (Wildman–Crippen MR) is 124 cm³/mol. The first-order valence-electron chi connectivity index (χ1n) is 12.9. The Morgan fingerprint density at radius 3 is 2.03 bits per heavy atom. The third kappa shape index (κ3) is 6.05. The van der Waals surface area contributed by atoms with Crippen molar-refractivity contribution in [2.75, 3.05) is 0 Å². The number of unbranched alkanes of at least 4 members (excludes halogenated alkanes) is 5. The molecule has 4 unspecified atom stereocenters. The average molecular weight is 535 g/mol. The largest absolute Gasteiger partial charge is 0.416 e. The number of fused-ring (bicyclic) bond motifs is 1. The Kier molecular flexibility index (Phi) is 8.54. The van der Waals surface area contributed by atoms with Gasteiger partial charge in [0.2, 0.25) is 0 Å². The molecule has 4 nitrogen and oxygen atoms in total. The molecule has 10 heteroatoms. The molecular weight excluding hydrogens is 500 g/mol. The highest BCUT2D eigenvalue weighted by atomic mass is 19.4. The standard InChI is InChI=1S/C27H34F6NO3/c1-4-5-6-7-8-9-11-24(2)16-21-23(36)20(10-12-25(21,3)34(24)37)22(35)17-13-18(26(28,29)30)15-19(14-17)27(31,32)33/h13-15,20-21H,4-12,16H2,1-3H3. The molecule has 2 aliphatic rings. The summed E-state index contributed by atoms with van der Waals surface area (Å²) in [4.78, 5) is 26.6. The van der Waals surface area contributed by atoms with Gasteiger partial charge in [0.05, 0.1) is 22.6 Å². The van der Waals surface area contributed by atoms with Gasteiger partial charge in [-0.25, -0.2) is 0 Å². The molecule has 1 aliphatic carbocycles. The molecule has 4 atom stereocenters. The van der Waals surface area contributed by atoms with Gasteiger partial charge < -0.3 is 0 Å². The molecule has 0 spiro atoms. The van der Waals surface area contributed by atoms with Gasteiger partial charge >= 0.3 is 12.4 Å². The maximum atomic E-state index is 13.4. The molecule has 1 radical (unpaired) electrons. The summed E-state index contributed by atoms with van der Waals surface area (Å²) in [6, 6.07) is 0.697. The highest BCUT2D eigenvalue weighted by Crippen LogP contribution is 2.53. The maximum absolute atomic E-state index is 13.4. The van der Waals surface area contributed by atoms with Crippen molar-refractivity contribution in [2.24, 2.45) is 11.8 Å². The minimum Gasteiger partial charge on any atom is -0.298 e. The van der Waals surface area contributed by atoms with Gasteiger partial charge in [-0.3, -0.25) is 9.59 Å². The molecule has 2 fully saturated rings. The number of benzene rings is 1. The second kappa shape index (κ2) is 10.7. The Hall–Kier alpha value is -1.94. The SMILES string of the molecule is CCCCCCCCC1(C)CC2C(=O)C(C(=O)c3cc(C(F)(F)F)cc(C(F)(F)F)c3)CCC2(C)N1[O]. The summed E-state index contributed by atoms with van der Waals surface area (Å²) in [6.45, 7) is 5.58. The minimum atomic E-state index is -5.10. The number of Topliss-reactive ketones (excluding diaryl/α,β-unsaturated/α-hetero) is 2. The van der Waals surface area contributed by atoms with Crippen LogP contribution < -0.4 is 0 Å². The van der Waals surface area contributed by atoms with E-state index in [4.69, 9.17) is 0 Å². The lowest BCUT2D eigenvalue weighted by atomic mass is 9.67. The van der Waals surface area contributed by atoms with Crippen molar-refractivity contribution in [3.8, 4) is 0 Å². The number of ketones is 2. The summed E-state index contributed by atoms with van der Waals surface area (Å²) < 4.78 is 79.7. The summed E-state index contributed by atoms with van der Waals surface area (Å²) in [5.74, 6) is -3.83. The first-order valence-corrected chi connectivity index (χ1v) is 12.9.